The molecule has 8 heteroatoms. The number of unbranched alkanes of at least 4 members (excludes halogenated alkanes) is 1. The topological polar surface area (TPSA) is 99.2 Å². The fraction of sp³-hybridized carbons (Fsp3) is 0.185. The molecule has 0 saturated carbocycles. The van der Waals surface area contributed by atoms with Crippen molar-refractivity contribution in [3.05, 3.63) is 99.4 Å². The van der Waals surface area contributed by atoms with Gasteiger partial charge in [-0.1, -0.05) is 67.4 Å². The van der Waals surface area contributed by atoms with Crippen LogP contribution >= 0.6 is 11.6 Å². The summed E-state index contributed by atoms with van der Waals surface area (Å²) in [5.41, 5.74) is 2.13. The lowest BCUT2D eigenvalue weighted by atomic mass is 9.93. The molecule has 1 aromatic heterocycles. The number of rotatable bonds is 8. The summed E-state index contributed by atoms with van der Waals surface area (Å²) in [6.07, 6.45) is 1.83. The van der Waals surface area contributed by atoms with Gasteiger partial charge in [0.1, 0.15) is 0 Å². The highest BCUT2D eigenvalue weighted by Gasteiger charge is 2.23. The zero-order valence-electron chi connectivity index (χ0n) is 19.2. The van der Waals surface area contributed by atoms with Gasteiger partial charge < -0.3 is 0 Å². The lowest BCUT2D eigenvalue weighted by Gasteiger charge is -2.20. The number of aromatic nitrogens is 1. The van der Waals surface area contributed by atoms with Gasteiger partial charge in [0, 0.05) is 22.4 Å². The number of pyridine rings is 1. The Morgan fingerprint density at radius 3 is 2.29 bits per heavy atom. The van der Waals surface area contributed by atoms with E-state index in [-0.39, 0.29) is 22.8 Å². The quantitative estimate of drug-likeness (QED) is 0.322. The van der Waals surface area contributed by atoms with Gasteiger partial charge in [-0.05, 0) is 53.3 Å². The summed E-state index contributed by atoms with van der Waals surface area (Å²) in [5, 5.41) is 6.75. The minimum Gasteiger partial charge on any atom is -0.300 e. The molecule has 4 aromatic rings. The fourth-order valence-corrected chi connectivity index (χ4v) is 4.87. The van der Waals surface area contributed by atoms with Crippen molar-refractivity contribution >= 4 is 38.2 Å². The number of carbonyl (C=O) groups excluding carboxylic acids is 1. The molecule has 3 aromatic carbocycles. The lowest BCUT2D eigenvalue weighted by molar-refractivity contribution is 0.0971. The average Bonchev–Trinajstić information content (AvgIpc) is 2.84. The fourth-order valence-electron chi connectivity index (χ4n) is 4.18. The smallest absolute Gasteiger partial charge is 0.259 e. The zero-order valence-corrected chi connectivity index (χ0v) is 20.8. The Balaban J connectivity index is 2.02. The molecule has 0 atom stereocenters. The van der Waals surface area contributed by atoms with Crippen molar-refractivity contribution < 1.29 is 13.2 Å². The second-order valence-corrected chi connectivity index (χ2v) is 10.4. The average molecular weight is 509 g/mol. The van der Waals surface area contributed by atoms with Crippen molar-refractivity contribution in [1.29, 1.82) is 0 Å². The van der Waals surface area contributed by atoms with Crippen LogP contribution in [-0.2, 0) is 16.6 Å². The van der Waals surface area contributed by atoms with Gasteiger partial charge in [0.15, 0.2) is 5.78 Å². The van der Waals surface area contributed by atoms with E-state index in [0.717, 1.165) is 12.0 Å². The van der Waals surface area contributed by atoms with E-state index >= 15 is 0 Å². The van der Waals surface area contributed by atoms with Gasteiger partial charge in [0.05, 0.1) is 17.1 Å². The molecule has 0 bridgehead atoms. The molecule has 0 radical (unpaired) electrons. The number of nitrogens with two attached hydrogens (primary N) is 1. The summed E-state index contributed by atoms with van der Waals surface area (Å²) in [4.78, 5) is 27.3. The first-order valence-electron chi connectivity index (χ1n) is 11.3. The molecule has 4 rings (SSSR count). The molecule has 180 valence electrons. The van der Waals surface area contributed by atoms with E-state index in [2.05, 4.69) is 0 Å². The second-order valence-electron chi connectivity index (χ2n) is 8.39. The third-order valence-corrected chi connectivity index (χ3v) is 7.07. The van der Waals surface area contributed by atoms with E-state index in [1.54, 1.807) is 30.3 Å². The van der Waals surface area contributed by atoms with E-state index in [1.807, 2.05) is 37.3 Å². The first-order valence-corrected chi connectivity index (χ1v) is 13.2. The Morgan fingerprint density at radius 2 is 1.66 bits per heavy atom. The maximum atomic E-state index is 13.7. The molecule has 0 fully saturated rings. The Bertz CT molecular complexity index is 1560. The van der Waals surface area contributed by atoms with Crippen LogP contribution in [0.5, 0.6) is 0 Å². The lowest BCUT2D eigenvalue weighted by Crippen LogP contribution is -2.28. The highest BCUT2D eigenvalue weighted by atomic mass is 35.5. The Hall–Kier alpha value is -3.26. The van der Waals surface area contributed by atoms with Gasteiger partial charge in [0.25, 0.3) is 5.56 Å². The minimum absolute atomic E-state index is 0.0222. The van der Waals surface area contributed by atoms with Gasteiger partial charge >= 0.3 is 0 Å². The first kappa shape index (κ1) is 24.9. The Morgan fingerprint density at radius 1 is 0.971 bits per heavy atom. The molecule has 0 spiro atoms. The van der Waals surface area contributed by atoms with Crippen molar-refractivity contribution in [2.24, 2.45) is 5.14 Å². The number of primary sulfonamides is 1. The normalized spacial score (nSPS) is 11.6. The summed E-state index contributed by atoms with van der Waals surface area (Å²) in [6, 6.07) is 20.5. The summed E-state index contributed by atoms with van der Waals surface area (Å²) in [7, 11) is -3.84. The monoisotopic (exact) mass is 508 g/mol. The summed E-state index contributed by atoms with van der Waals surface area (Å²) < 4.78 is 24.8. The van der Waals surface area contributed by atoms with Crippen LogP contribution in [0.3, 0.4) is 0 Å². The number of carbonyl (C=O) groups is 1. The van der Waals surface area contributed by atoms with Crippen LogP contribution in [0.25, 0.3) is 21.9 Å². The van der Waals surface area contributed by atoms with Crippen molar-refractivity contribution in [2.75, 3.05) is 0 Å². The first-order chi connectivity index (χ1) is 16.7. The number of hydrogen-bond acceptors (Lipinski definition) is 4. The highest BCUT2D eigenvalue weighted by molar-refractivity contribution is 7.89. The van der Waals surface area contributed by atoms with Crippen molar-refractivity contribution in [1.82, 2.24) is 4.57 Å². The molecule has 35 heavy (non-hydrogen) atoms. The Kier molecular flexibility index (Phi) is 7.21. The van der Waals surface area contributed by atoms with Crippen LogP contribution in [0.15, 0.2) is 82.5 Å². The SMILES string of the molecule is CCCCC(=O)c1c(-c2ccccc2)c2cc(Cl)ccc2c(=O)n1Cc1ccc(S(N)(=O)=O)cc1. The number of sulfonamides is 1. The van der Waals surface area contributed by atoms with Crippen molar-refractivity contribution in [3.63, 3.8) is 0 Å². The highest BCUT2D eigenvalue weighted by Crippen LogP contribution is 2.33. The van der Waals surface area contributed by atoms with Crippen LogP contribution in [0.1, 0.15) is 42.2 Å². The van der Waals surface area contributed by atoms with E-state index in [1.165, 1.54) is 16.7 Å². The summed E-state index contributed by atoms with van der Waals surface area (Å²) >= 11 is 6.31. The number of Topliss-reactive ketones (excluding diaryl/α,β-unsaturated/α-hetero) is 1. The predicted molar refractivity (Wildman–Crippen MR) is 139 cm³/mol. The van der Waals surface area contributed by atoms with Gasteiger partial charge in [-0.2, -0.15) is 0 Å². The van der Waals surface area contributed by atoms with E-state index < -0.39 is 10.0 Å². The predicted octanol–water partition coefficient (Wildman–Crippen LogP) is 5.39. The standard InChI is InChI=1S/C27H25ClN2O4S/c1-2-3-9-24(31)26-25(19-7-5-4-6-8-19)23-16-20(28)12-15-22(23)27(32)30(26)17-18-10-13-21(14-11-18)35(29,33)34/h4-8,10-16H,2-3,9,17H2,1H3,(H2,29,33,34). The molecule has 0 aliphatic heterocycles. The second kappa shape index (κ2) is 10.2. The third kappa shape index (κ3) is 5.22. The van der Waals surface area contributed by atoms with Crippen molar-refractivity contribution in [3.8, 4) is 11.1 Å². The van der Waals surface area contributed by atoms with Gasteiger partial charge in [-0.3, -0.25) is 14.2 Å². The maximum Gasteiger partial charge on any atom is 0.259 e. The molecule has 0 unspecified atom stereocenters. The molecular formula is C27H25ClN2O4S. The largest absolute Gasteiger partial charge is 0.300 e. The van der Waals surface area contributed by atoms with Crippen LogP contribution in [0.2, 0.25) is 5.02 Å². The van der Waals surface area contributed by atoms with E-state index in [4.69, 9.17) is 16.7 Å². The van der Waals surface area contributed by atoms with Crippen LogP contribution < -0.4 is 10.7 Å². The Labute approximate surface area is 209 Å². The van der Waals surface area contributed by atoms with Gasteiger partial charge in [0.2, 0.25) is 10.0 Å². The number of benzene rings is 3. The van der Waals surface area contributed by atoms with Crippen molar-refractivity contribution in [2.45, 2.75) is 37.6 Å². The molecule has 0 aliphatic carbocycles. The molecule has 6 nitrogen and oxygen atoms in total. The van der Waals surface area contributed by atoms with Crippen LogP contribution in [0.4, 0.5) is 0 Å². The van der Waals surface area contributed by atoms with Gasteiger partial charge in [-0.25, -0.2) is 13.6 Å². The van der Waals surface area contributed by atoms with E-state index in [9.17, 15) is 18.0 Å². The summed E-state index contributed by atoms with van der Waals surface area (Å²) in [5.74, 6) is -0.133. The number of ketones is 1. The van der Waals surface area contributed by atoms with Gasteiger partial charge in [-0.15, -0.1) is 0 Å². The maximum absolute atomic E-state index is 13.7. The molecule has 0 amide bonds. The third-order valence-electron chi connectivity index (χ3n) is 5.91. The number of hydrogen-bond donors (Lipinski definition) is 1. The minimum atomic E-state index is -3.84. The summed E-state index contributed by atoms with van der Waals surface area (Å²) in [6.45, 7) is 2.10. The van der Waals surface area contributed by atoms with E-state index in [0.29, 0.717) is 45.5 Å². The molecular weight excluding hydrogens is 484 g/mol. The zero-order chi connectivity index (χ0) is 25.2. The van der Waals surface area contributed by atoms with Crippen LogP contribution in [0, 0.1) is 0 Å². The molecule has 0 saturated heterocycles. The number of nitrogens with zero attached hydrogens (tertiary/aromatic N) is 1. The number of halogens is 1. The molecule has 2 N–H and O–H groups in total. The molecule has 0 aliphatic rings. The van der Waals surface area contributed by atoms with Crippen LogP contribution in [-0.4, -0.2) is 18.8 Å². The number of fused-ring (bicyclic) bond motifs is 1. The molecule has 1 heterocycles.